The van der Waals surface area contributed by atoms with E-state index >= 15 is 0 Å². The van der Waals surface area contributed by atoms with E-state index in [-0.39, 0.29) is 6.42 Å². The van der Waals surface area contributed by atoms with Crippen molar-refractivity contribution < 1.29 is 9.90 Å². The molecule has 0 saturated carbocycles. The Morgan fingerprint density at radius 1 is 1.33 bits per heavy atom. The van der Waals surface area contributed by atoms with Crippen molar-refractivity contribution in [3.05, 3.63) is 29.6 Å². The Kier molecular flexibility index (Phi) is 6.36. The second-order valence-electron chi connectivity index (χ2n) is 4.71. The van der Waals surface area contributed by atoms with Crippen LogP contribution in [0.25, 0.3) is 0 Å². The first-order valence-corrected chi connectivity index (χ1v) is 6.41. The van der Waals surface area contributed by atoms with Crippen molar-refractivity contribution in [3.8, 4) is 0 Å². The van der Waals surface area contributed by atoms with Crippen LogP contribution < -0.4 is 0 Å². The average molecular weight is 250 g/mol. The Hall–Kier alpha value is -1.42. The van der Waals surface area contributed by atoms with Crippen LogP contribution >= 0.6 is 0 Å². The standard InChI is InChI=1S/C14H22N2O2/c1-12-7-6-8-13(15-12)11-16(2)10-5-3-4-9-14(17)18/h6-8H,3-5,9-11H2,1-2H3,(H,17,18). The van der Waals surface area contributed by atoms with Crippen molar-refractivity contribution in [1.29, 1.82) is 0 Å². The molecule has 0 aliphatic heterocycles. The maximum Gasteiger partial charge on any atom is 0.303 e. The quantitative estimate of drug-likeness (QED) is 0.720. The maximum atomic E-state index is 10.4. The molecule has 1 heterocycles. The number of aryl methyl sites for hydroxylation is 1. The molecule has 1 aromatic rings. The minimum atomic E-state index is -0.702. The molecular formula is C14H22N2O2. The zero-order valence-electron chi connectivity index (χ0n) is 11.2. The van der Waals surface area contributed by atoms with E-state index in [0.717, 1.165) is 43.7 Å². The number of hydrogen-bond donors (Lipinski definition) is 1. The van der Waals surface area contributed by atoms with Crippen LogP contribution in [0, 0.1) is 6.92 Å². The van der Waals surface area contributed by atoms with Gasteiger partial charge in [0.1, 0.15) is 0 Å². The van der Waals surface area contributed by atoms with E-state index in [1.807, 2.05) is 25.1 Å². The van der Waals surface area contributed by atoms with Gasteiger partial charge in [0, 0.05) is 18.7 Å². The molecule has 4 heteroatoms. The number of hydrogen-bond acceptors (Lipinski definition) is 3. The van der Waals surface area contributed by atoms with Crippen molar-refractivity contribution in [2.75, 3.05) is 13.6 Å². The second-order valence-corrected chi connectivity index (χ2v) is 4.71. The van der Waals surface area contributed by atoms with Gasteiger partial charge in [-0.1, -0.05) is 12.5 Å². The van der Waals surface area contributed by atoms with Crippen molar-refractivity contribution >= 4 is 5.97 Å². The Morgan fingerprint density at radius 2 is 2.11 bits per heavy atom. The molecule has 1 rings (SSSR count). The third-order valence-corrected chi connectivity index (χ3v) is 2.81. The number of carbonyl (C=O) groups is 1. The highest BCUT2D eigenvalue weighted by Crippen LogP contribution is 2.05. The Labute approximate surface area is 109 Å². The van der Waals surface area contributed by atoms with Gasteiger partial charge < -0.3 is 10.0 Å². The molecule has 1 aromatic heterocycles. The molecule has 0 radical (unpaired) electrons. The van der Waals surface area contributed by atoms with Crippen LogP contribution in [0.2, 0.25) is 0 Å². The lowest BCUT2D eigenvalue weighted by Crippen LogP contribution is -2.19. The first-order valence-electron chi connectivity index (χ1n) is 6.41. The van der Waals surface area contributed by atoms with E-state index in [9.17, 15) is 4.79 Å². The Morgan fingerprint density at radius 3 is 2.78 bits per heavy atom. The number of aromatic nitrogens is 1. The summed E-state index contributed by atoms with van der Waals surface area (Å²) in [6, 6.07) is 6.06. The molecule has 0 aliphatic rings. The second kappa shape index (κ2) is 7.82. The number of carboxylic acids is 1. The predicted octanol–water partition coefficient (Wildman–Crippen LogP) is 2.47. The summed E-state index contributed by atoms with van der Waals surface area (Å²) >= 11 is 0. The van der Waals surface area contributed by atoms with Gasteiger partial charge in [-0.15, -0.1) is 0 Å². The van der Waals surface area contributed by atoms with Gasteiger partial charge >= 0.3 is 5.97 Å². The van der Waals surface area contributed by atoms with Crippen LogP contribution in [-0.2, 0) is 11.3 Å². The number of unbranched alkanes of at least 4 members (excludes halogenated alkanes) is 2. The molecular weight excluding hydrogens is 228 g/mol. The molecule has 4 nitrogen and oxygen atoms in total. The zero-order valence-corrected chi connectivity index (χ0v) is 11.2. The molecule has 0 amide bonds. The fourth-order valence-electron chi connectivity index (χ4n) is 1.88. The van der Waals surface area contributed by atoms with E-state index < -0.39 is 5.97 Å². The van der Waals surface area contributed by atoms with Gasteiger partial charge in [-0.2, -0.15) is 0 Å². The lowest BCUT2D eigenvalue weighted by molar-refractivity contribution is -0.137. The van der Waals surface area contributed by atoms with E-state index in [0.29, 0.717) is 0 Å². The molecule has 0 fully saturated rings. The van der Waals surface area contributed by atoms with Crippen molar-refractivity contribution in [1.82, 2.24) is 9.88 Å². The summed E-state index contributed by atoms with van der Waals surface area (Å²) < 4.78 is 0. The third kappa shape index (κ3) is 6.35. The number of pyridine rings is 1. The number of aliphatic carboxylic acids is 1. The molecule has 0 aliphatic carbocycles. The highest BCUT2D eigenvalue weighted by Gasteiger charge is 2.02. The van der Waals surface area contributed by atoms with Crippen molar-refractivity contribution in [2.24, 2.45) is 0 Å². The summed E-state index contributed by atoms with van der Waals surface area (Å²) in [4.78, 5) is 17.0. The van der Waals surface area contributed by atoms with Crippen LogP contribution in [0.15, 0.2) is 18.2 Å². The zero-order chi connectivity index (χ0) is 13.4. The maximum absolute atomic E-state index is 10.4. The molecule has 18 heavy (non-hydrogen) atoms. The normalized spacial score (nSPS) is 10.8. The highest BCUT2D eigenvalue weighted by molar-refractivity contribution is 5.66. The first-order chi connectivity index (χ1) is 8.58. The largest absolute Gasteiger partial charge is 0.481 e. The Bertz CT molecular complexity index is 380. The van der Waals surface area contributed by atoms with Gasteiger partial charge in [0.2, 0.25) is 0 Å². The third-order valence-electron chi connectivity index (χ3n) is 2.81. The summed E-state index contributed by atoms with van der Waals surface area (Å²) in [6.45, 7) is 3.82. The molecule has 1 N–H and O–H groups in total. The SMILES string of the molecule is Cc1cccc(CN(C)CCCCCC(=O)O)n1. The predicted molar refractivity (Wildman–Crippen MR) is 71.4 cm³/mol. The first kappa shape index (κ1) is 14.6. The van der Waals surface area contributed by atoms with Crippen molar-refractivity contribution in [2.45, 2.75) is 39.2 Å². The topological polar surface area (TPSA) is 53.4 Å². The van der Waals surface area contributed by atoms with Crippen LogP contribution in [0.1, 0.15) is 37.1 Å². The number of carboxylic acid groups (broad SMARTS) is 1. The molecule has 0 bridgehead atoms. The summed E-state index contributed by atoms with van der Waals surface area (Å²) in [5.74, 6) is -0.702. The smallest absolute Gasteiger partial charge is 0.303 e. The molecule has 0 atom stereocenters. The summed E-state index contributed by atoms with van der Waals surface area (Å²) in [5, 5.41) is 8.52. The van der Waals surface area contributed by atoms with Gasteiger partial charge in [-0.25, -0.2) is 0 Å². The van der Waals surface area contributed by atoms with Gasteiger partial charge in [0.05, 0.1) is 5.69 Å². The fraction of sp³-hybridized carbons (Fsp3) is 0.571. The van der Waals surface area contributed by atoms with E-state index in [1.54, 1.807) is 0 Å². The minimum absolute atomic E-state index is 0.281. The average Bonchev–Trinajstić information content (AvgIpc) is 2.28. The van der Waals surface area contributed by atoms with E-state index in [4.69, 9.17) is 5.11 Å². The van der Waals surface area contributed by atoms with Gasteiger partial charge in [0.25, 0.3) is 0 Å². The monoisotopic (exact) mass is 250 g/mol. The van der Waals surface area contributed by atoms with E-state index in [1.165, 1.54) is 0 Å². The Balaban J connectivity index is 2.17. The molecule has 0 unspecified atom stereocenters. The summed E-state index contributed by atoms with van der Waals surface area (Å²) in [7, 11) is 2.07. The number of rotatable bonds is 8. The lowest BCUT2D eigenvalue weighted by atomic mass is 10.2. The minimum Gasteiger partial charge on any atom is -0.481 e. The van der Waals surface area contributed by atoms with Crippen LogP contribution in [0.5, 0.6) is 0 Å². The summed E-state index contributed by atoms with van der Waals surface area (Å²) in [6.07, 6.45) is 3.06. The van der Waals surface area contributed by atoms with Crippen LogP contribution in [-0.4, -0.2) is 34.6 Å². The van der Waals surface area contributed by atoms with Gasteiger partial charge in [-0.05, 0) is 45.5 Å². The lowest BCUT2D eigenvalue weighted by Gasteiger charge is -2.16. The fourth-order valence-corrected chi connectivity index (χ4v) is 1.88. The molecule has 0 spiro atoms. The number of nitrogens with zero attached hydrogens (tertiary/aromatic N) is 2. The molecule has 100 valence electrons. The molecule has 0 saturated heterocycles. The van der Waals surface area contributed by atoms with Gasteiger partial charge in [-0.3, -0.25) is 9.78 Å². The van der Waals surface area contributed by atoms with Crippen LogP contribution in [0.3, 0.4) is 0 Å². The van der Waals surface area contributed by atoms with Crippen LogP contribution in [0.4, 0.5) is 0 Å². The van der Waals surface area contributed by atoms with Crippen molar-refractivity contribution in [3.63, 3.8) is 0 Å². The summed E-state index contributed by atoms with van der Waals surface area (Å²) in [5.41, 5.74) is 2.13. The highest BCUT2D eigenvalue weighted by atomic mass is 16.4. The van der Waals surface area contributed by atoms with E-state index in [2.05, 4.69) is 16.9 Å². The molecule has 0 aromatic carbocycles. The van der Waals surface area contributed by atoms with Gasteiger partial charge in [0.15, 0.2) is 0 Å².